The fourth-order valence-electron chi connectivity index (χ4n) is 1.99. The lowest BCUT2D eigenvalue weighted by molar-refractivity contribution is 0.0739. The molecular formula is C12H14ClFN2O. The molecule has 1 fully saturated rings. The van der Waals surface area contributed by atoms with Crippen LogP contribution in [0.5, 0.6) is 0 Å². The maximum absolute atomic E-state index is 13.6. The van der Waals surface area contributed by atoms with E-state index in [1.165, 1.54) is 12.1 Å². The van der Waals surface area contributed by atoms with E-state index in [1.807, 2.05) is 0 Å². The largest absolute Gasteiger partial charge is 0.337 e. The molecule has 1 unspecified atom stereocenters. The van der Waals surface area contributed by atoms with E-state index >= 15 is 0 Å². The first-order chi connectivity index (χ1) is 8.09. The van der Waals surface area contributed by atoms with E-state index in [4.69, 9.17) is 11.6 Å². The number of nitrogens with zero attached hydrogens (tertiary/aromatic N) is 1. The van der Waals surface area contributed by atoms with Gasteiger partial charge in [0.1, 0.15) is 5.82 Å². The first-order valence-electron chi connectivity index (χ1n) is 5.52. The Kier molecular flexibility index (Phi) is 3.64. The minimum atomic E-state index is -0.569. The molecule has 17 heavy (non-hydrogen) atoms. The van der Waals surface area contributed by atoms with Crippen LogP contribution in [-0.4, -0.2) is 37.0 Å². The minimum Gasteiger partial charge on any atom is -0.337 e. The zero-order valence-electron chi connectivity index (χ0n) is 9.54. The molecular weight excluding hydrogens is 243 g/mol. The first-order valence-corrected chi connectivity index (χ1v) is 5.90. The highest BCUT2D eigenvalue weighted by molar-refractivity contribution is 6.30. The van der Waals surface area contributed by atoms with Crippen LogP contribution in [0.4, 0.5) is 4.39 Å². The predicted octanol–water partition coefficient (Wildman–Crippen LogP) is 1.91. The van der Waals surface area contributed by atoms with Crippen LogP contribution in [0.1, 0.15) is 16.8 Å². The molecule has 1 aromatic carbocycles. The quantitative estimate of drug-likeness (QED) is 0.877. The van der Waals surface area contributed by atoms with Gasteiger partial charge in [0.05, 0.1) is 5.56 Å². The van der Waals surface area contributed by atoms with Crippen molar-refractivity contribution in [1.82, 2.24) is 10.2 Å². The van der Waals surface area contributed by atoms with Gasteiger partial charge >= 0.3 is 0 Å². The van der Waals surface area contributed by atoms with E-state index in [0.29, 0.717) is 5.02 Å². The molecule has 1 atom stereocenters. The Morgan fingerprint density at radius 1 is 1.59 bits per heavy atom. The molecule has 1 heterocycles. The SMILES string of the molecule is CN(C(=O)c1ccc(Cl)cc1F)C1CCNC1. The van der Waals surface area contributed by atoms with Crippen molar-refractivity contribution in [3.8, 4) is 0 Å². The number of amides is 1. The summed E-state index contributed by atoms with van der Waals surface area (Å²) in [6, 6.07) is 4.25. The molecule has 1 amide bonds. The van der Waals surface area contributed by atoms with E-state index < -0.39 is 5.82 Å². The third-order valence-electron chi connectivity index (χ3n) is 3.06. The Bertz CT molecular complexity index is 433. The standard InChI is InChI=1S/C12H14ClFN2O/c1-16(9-4-5-15-7-9)12(17)10-3-2-8(13)6-11(10)14/h2-3,6,9,15H,4-5,7H2,1H3. The highest BCUT2D eigenvalue weighted by Gasteiger charge is 2.25. The first kappa shape index (κ1) is 12.3. The van der Waals surface area contributed by atoms with Crippen molar-refractivity contribution in [2.45, 2.75) is 12.5 Å². The molecule has 5 heteroatoms. The summed E-state index contributed by atoms with van der Waals surface area (Å²) in [5, 5.41) is 3.47. The van der Waals surface area contributed by atoms with Crippen molar-refractivity contribution < 1.29 is 9.18 Å². The maximum atomic E-state index is 13.6. The summed E-state index contributed by atoms with van der Waals surface area (Å²) in [7, 11) is 1.70. The monoisotopic (exact) mass is 256 g/mol. The van der Waals surface area contributed by atoms with Crippen molar-refractivity contribution in [2.24, 2.45) is 0 Å². The summed E-state index contributed by atoms with van der Waals surface area (Å²) < 4.78 is 13.6. The topological polar surface area (TPSA) is 32.3 Å². The number of hydrogen-bond donors (Lipinski definition) is 1. The lowest BCUT2D eigenvalue weighted by Gasteiger charge is -2.24. The van der Waals surface area contributed by atoms with Gasteiger partial charge in [0.15, 0.2) is 0 Å². The minimum absolute atomic E-state index is 0.0730. The van der Waals surface area contributed by atoms with Crippen LogP contribution < -0.4 is 5.32 Å². The van der Waals surface area contributed by atoms with Crippen molar-refractivity contribution in [3.05, 3.63) is 34.6 Å². The number of carbonyl (C=O) groups excluding carboxylic acids is 1. The molecule has 1 saturated heterocycles. The summed E-state index contributed by atoms with van der Waals surface area (Å²) in [5.41, 5.74) is 0.0730. The van der Waals surface area contributed by atoms with Crippen LogP contribution in [0.25, 0.3) is 0 Å². The number of rotatable bonds is 2. The number of hydrogen-bond acceptors (Lipinski definition) is 2. The molecule has 3 nitrogen and oxygen atoms in total. The van der Waals surface area contributed by atoms with Gasteiger partial charge in [-0.05, 0) is 31.2 Å². The second-order valence-corrected chi connectivity index (χ2v) is 4.62. The molecule has 1 aromatic rings. The van der Waals surface area contributed by atoms with Gasteiger partial charge in [0, 0.05) is 24.7 Å². The fraction of sp³-hybridized carbons (Fsp3) is 0.417. The number of likely N-dealkylation sites (N-methyl/N-ethyl adjacent to an activating group) is 1. The number of halogens is 2. The van der Waals surface area contributed by atoms with E-state index in [-0.39, 0.29) is 17.5 Å². The zero-order chi connectivity index (χ0) is 12.4. The summed E-state index contributed by atoms with van der Waals surface area (Å²) in [4.78, 5) is 13.7. The Balaban J connectivity index is 2.18. The van der Waals surface area contributed by atoms with Gasteiger partial charge in [-0.1, -0.05) is 11.6 Å². The van der Waals surface area contributed by atoms with Crippen LogP contribution in [0.3, 0.4) is 0 Å². The summed E-state index contributed by atoms with van der Waals surface area (Å²) in [6.07, 6.45) is 0.900. The summed E-state index contributed by atoms with van der Waals surface area (Å²) in [5.74, 6) is -0.867. The van der Waals surface area contributed by atoms with E-state index in [1.54, 1.807) is 11.9 Å². The van der Waals surface area contributed by atoms with Crippen molar-refractivity contribution in [1.29, 1.82) is 0 Å². The highest BCUT2D eigenvalue weighted by Crippen LogP contribution is 2.18. The van der Waals surface area contributed by atoms with Gasteiger partial charge in [-0.2, -0.15) is 0 Å². The van der Waals surface area contributed by atoms with Crippen molar-refractivity contribution in [3.63, 3.8) is 0 Å². The number of benzene rings is 1. The molecule has 0 saturated carbocycles. The molecule has 0 spiro atoms. The van der Waals surface area contributed by atoms with Gasteiger partial charge in [-0.15, -0.1) is 0 Å². The third kappa shape index (κ3) is 2.58. The molecule has 2 rings (SSSR count). The van der Waals surface area contributed by atoms with Gasteiger partial charge in [0.25, 0.3) is 5.91 Å². The predicted molar refractivity (Wildman–Crippen MR) is 64.8 cm³/mol. The molecule has 0 aliphatic carbocycles. The Morgan fingerprint density at radius 3 is 2.94 bits per heavy atom. The maximum Gasteiger partial charge on any atom is 0.256 e. The van der Waals surface area contributed by atoms with Crippen LogP contribution >= 0.6 is 11.6 Å². The van der Waals surface area contributed by atoms with Crippen LogP contribution in [0.2, 0.25) is 5.02 Å². The van der Waals surface area contributed by atoms with E-state index in [0.717, 1.165) is 25.6 Å². The molecule has 92 valence electrons. The molecule has 0 radical (unpaired) electrons. The average Bonchev–Trinajstić information content (AvgIpc) is 2.80. The van der Waals surface area contributed by atoms with Crippen LogP contribution in [0, 0.1) is 5.82 Å². The summed E-state index contributed by atoms with van der Waals surface area (Å²) in [6.45, 7) is 1.66. The van der Waals surface area contributed by atoms with E-state index in [9.17, 15) is 9.18 Å². The van der Waals surface area contributed by atoms with Crippen LogP contribution in [-0.2, 0) is 0 Å². The van der Waals surface area contributed by atoms with Crippen molar-refractivity contribution in [2.75, 3.05) is 20.1 Å². The van der Waals surface area contributed by atoms with Gasteiger partial charge in [0.2, 0.25) is 0 Å². The van der Waals surface area contributed by atoms with Gasteiger partial charge < -0.3 is 10.2 Å². The van der Waals surface area contributed by atoms with Crippen LogP contribution in [0.15, 0.2) is 18.2 Å². The second kappa shape index (κ2) is 5.02. The lowest BCUT2D eigenvalue weighted by atomic mass is 10.1. The Labute approximate surface area is 105 Å². The summed E-state index contributed by atoms with van der Waals surface area (Å²) >= 11 is 5.65. The van der Waals surface area contributed by atoms with Crippen molar-refractivity contribution >= 4 is 17.5 Å². The smallest absolute Gasteiger partial charge is 0.256 e. The van der Waals surface area contributed by atoms with E-state index in [2.05, 4.69) is 5.32 Å². The highest BCUT2D eigenvalue weighted by atomic mass is 35.5. The molecule has 1 aliphatic rings. The fourth-order valence-corrected chi connectivity index (χ4v) is 2.15. The third-order valence-corrected chi connectivity index (χ3v) is 3.30. The normalized spacial score (nSPS) is 19.4. The molecule has 0 aromatic heterocycles. The molecule has 1 N–H and O–H groups in total. The zero-order valence-corrected chi connectivity index (χ0v) is 10.3. The molecule has 1 aliphatic heterocycles. The lowest BCUT2D eigenvalue weighted by Crippen LogP contribution is -2.38. The van der Waals surface area contributed by atoms with Gasteiger partial charge in [-0.3, -0.25) is 4.79 Å². The number of nitrogens with one attached hydrogen (secondary N) is 1. The average molecular weight is 257 g/mol. The Hall–Kier alpha value is -1.13. The van der Waals surface area contributed by atoms with Gasteiger partial charge in [-0.25, -0.2) is 4.39 Å². The second-order valence-electron chi connectivity index (χ2n) is 4.19. The molecule has 0 bridgehead atoms. The Morgan fingerprint density at radius 2 is 2.35 bits per heavy atom. The number of carbonyl (C=O) groups is 1.